The molecule has 1 N–H and O–H groups in total. The first-order valence-corrected chi connectivity index (χ1v) is 8.07. The van der Waals surface area contributed by atoms with Crippen LogP contribution in [-0.4, -0.2) is 55.6 Å². The topological polar surface area (TPSA) is 35.6 Å². The third kappa shape index (κ3) is 5.19. The molecule has 0 saturated carbocycles. The van der Waals surface area contributed by atoms with E-state index in [1.54, 1.807) is 4.90 Å². The van der Waals surface area contributed by atoms with E-state index in [2.05, 4.69) is 29.4 Å². The van der Waals surface area contributed by atoms with E-state index in [0.29, 0.717) is 12.6 Å². The summed E-state index contributed by atoms with van der Waals surface area (Å²) >= 11 is 0. The van der Waals surface area contributed by atoms with Gasteiger partial charge in [0.2, 0.25) is 0 Å². The average Bonchev–Trinajstić information content (AvgIpc) is 2.54. The Morgan fingerprint density at radius 3 is 2.86 bits per heavy atom. The number of benzene rings is 1. The molecule has 0 spiro atoms. The summed E-state index contributed by atoms with van der Waals surface area (Å²) in [5, 5.41) is 3.04. The van der Waals surface area contributed by atoms with Gasteiger partial charge in [-0.25, -0.2) is 4.79 Å². The van der Waals surface area contributed by atoms with Crippen LogP contribution >= 0.6 is 0 Å². The molecule has 1 fully saturated rings. The molecule has 0 bridgehead atoms. The second-order valence-electron chi connectivity index (χ2n) is 6.01. The minimum atomic E-state index is -0.00307. The van der Waals surface area contributed by atoms with E-state index in [1.165, 1.54) is 19.3 Å². The summed E-state index contributed by atoms with van der Waals surface area (Å²) in [4.78, 5) is 16.2. The van der Waals surface area contributed by atoms with Crippen molar-refractivity contribution in [2.45, 2.75) is 25.3 Å². The average molecular weight is 301 g/mol. The molecular weight excluding hydrogens is 274 g/mol. The molecule has 4 heteroatoms. The first-order chi connectivity index (χ1) is 10.7. The number of carbonyl (C=O) groups excluding carboxylic acids is 1. The van der Waals surface area contributed by atoms with Crippen LogP contribution in [0.1, 0.15) is 24.8 Å². The first kappa shape index (κ1) is 16.6. The molecule has 1 unspecified atom stereocenters. The van der Waals surface area contributed by atoms with Crippen molar-refractivity contribution in [1.82, 2.24) is 15.1 Å². The fraction of sp³-hybridized carbons (Fsp3) is 0.500. The molecule has 4 nitrogen and oxygen atoms in total. The number of likely N-dealkylation sites (N-methyl/N-ethyl adjacent to an activating group) is 2. The van der Waals surface area contributed by atoms with Crippen molar-refractivity contribution in [2.75, 3.05) is 33.7 Å². The van der Waals surface area contributed by atoms with Gasteiger partial charge in [0, 0.05) is 26.2 Å². The summed E-state index contributed by atoms with van der Waals surface area (Å²) in [6.07, 6.45) is 7.76. The Balaban J connectivity index is 1.71. The molecule has 22 heavy (non-hydrogen) atoms. The number of nitrogens with one attached hydrogen (secondary N) is 1. The predicted molar refractivity (Wildman–Crippen MR) is 91.8 cm³/mol. The summed E-state index contributed by atoms with van der Waals surface area (Å²) in [7, 11) is 3.97. The van der Waals surface area contributed by atoms with Crippen LogP contribution in [0.3, 0.4) is 0 Å². The molecular formula is C18H27N3O. The largest absolute Gasteiger partial charge is 0.336 e. The standard InChI is InChI=1S/C18H27N3O/c1-20-13-7-6-12-17(20)15-19-18(22)21(2)14-8-11-16-9-4-3-5-10-16/h3-5,8-11,17H,6-7,12-15H2,1-2H3,(H,19,22)/b11-8+. The summed E-state index contributed by atoms with van der Waals surface area (Å²) in [5.41, 5.74) is 1.15. The molecule has 1 atom stereocenters. The number of amides is 2. The zero-order valence-electron chi connectivity index (χ0n) is 13.7. The van der Waals surface area contributed by atoms with E-state index in [4.69, 9.17) is 0 Å². The molecule has 2 amide bonds. The van der Waals surface area contributed by atoms with Crippen LogP contribution in [0.25, 0.3) is 6.08 Å². The lowest BCUT2D eigenvalue weighted by atomic mass is 10.0. The van der Waals surface area contributed by atoms with E-state index in [9.17, 15) is 4.79 Å². The number of likely N-dealkylation sites (tertiary alicyclic amines) is 1. The number of hydrogen-bond acceptors (Lipinski definition) is 2. The second kappa shape index (κ2) is 8.59. The second-order valence-corrected chi connectivity index (χ2v) is 6.01. The molecule has 1 aromatic carbocycles. The van der Waals surface area contributed by atoms with Gasteiger partial charge in [0.05, 0.1) is 0 Å². The molecule has 1 aliphatic rings. The quantitative estimate of drug-likeness (QED) is 0.908. The van der Waals surface area contributed by atoms with Gasteiger partial charge < -0.3 is 15.1 Å². The molecule has 120 valence electrons. The Hall–Kier alpha value is -1.81. The molecule has 1 aromatic rings. The van der Waals surface area contributed by atoms with Crippen LogP contribution in [0.2, 0.25) is 0 Å². The van der Waals surface area contributed by atoms with Crippen molar-refractivity contribution in [3.05, 3.63) is 42.0 Å². The lowest BCUT2D eigenvalue weighted by molar-refractivity contribution is 0.174. The molecule has 1 aliphatic heterocycles. The maximum atomic E-state index is 12.1. The normalized spacial score (nSPS) is 19.3. The fourth-order valence-electron chi connectivity index (χ4n) is 2.74. The van der Waals surface area contributed by atoms with Crippen LogP contribution in [-0.2, 0) is 0 Å². The van der Waals surface area contributed by atoms with Gasteiger partial charge in [-0.2, -0.15) is 0 Å². The SMILES string of the molecule is CN(C/C=C/c1ccccc1)C(=O)NCC1CCCCN1C. The lowest BCUT2D eigenvalue weighted by Gasteiger charge is -2.32. The highest BCUT2D eigenvalue weighted by molar-refractivity contribution is 5.74. The Bertz CT molecular complexity index is 486. The highest BCUT2D eigenvalue weighted by Crippen LogP contribution is 2.13. The Morgan fingerprint density at radius 1 is 1.36 bits per heavy atom. The fourth-order valence-corrected chi connectivity index (χ4v) is 2.74. The van der Waals surface area contributed by atoms with Crippen molar-refractivity contribution in [3.8, 4) is 0 Å². The van der Waals surface area contributed by atoms with Gasteiger partial charge in [-0.3, -0.25) is 0 Å². The molecule has 1 heterocycles. The number of nitrogens with zero attached hydrogens (tertiary/aromatic N) is 2. The van der Waals surface area contributed by atoms with Crippen LogP contribution in [0.5, 0.6) is 0 Å². The third-order valence-corrected chi connectivity index (χ3v) is 4.25. The van der Waals surface area contributed by atoms with Crippen molar-refractivity contribution in [3.63, 3.8) is 0 Å². The van der Waals surface area contributed by atoms with Crippen molar-refractivity contribution >= 4 is 12.1 Å². The predicted octanol–water partition coefficient (Wildman–Crippen LogP) is 2.83. The first-order valence-electron chi connectivity index (χ1n) is 8.07. The Kier molecular flexibility index (Phi) is 6.46. The van der Waals surface area contributed by atoms with Crippen molar-refractivity contribution in [1.29, 1.82) is 0 Å². The number of rotatable bonds is 5. The van der Waals surface area contributed by atoms with Crippen LogP contribution in [0.4, 0.5) is 4.79 Å². The lowest BCUT2D eigenvalue weighted by Crippen LogP contribution is -2.47. The van der Waals surface area contributed by atoms with Gasteiger partial charge in [0.1, 0.15) is 0 Å². The molecule has 1 saturated heterocycles. The number of piperidine rings is 1. The summed E-state index contributed by atoms with van der Waals surface area (Å²) < 4.78 is 0. The van der Waals surface area contributed by atoms with Gasteiger partial charge in [-0.15, -0.1) is 0 Å². The van der Waals surface area contributed by atoms with E-state index >= 15 is 0 Å². The highest BCUT2D eigenvalue weighted by atomic mass is 16.2. The summed E-state index contributed by atoms with van der Waals surface area (Å²) in [6.45, 7) is 2.49. The Morgan fingerprint density at radius 2 is 2.14 bits per heavy atom. The molecule has 0 radical (unpaired) electrons. The maximum absolute atomic E-state index is 12.1. The molecule has 0 aromatic heterocycles. The van der Waals surface area contributed by atoms with E-state index in [1.807, 2.05) is 37.4 Å². The van der Waals surface area contributed by atoms with Crippen molar-refractivity contribution in [2.24, 2.45) is 0 Å². The van der Waals surface area contributed by atoms with Gasteiger partial charge >= 0.3 is 6.03 Å². The minimum absolute atomic E-state index is 0.00307. The van der Waals surface area contributed by atoms with Crippen LogP contribution in [0, 0.1) is 0 Å². The van der Waals surface area contributed by atoms with Crippen molar-refractivity contribution < 1.29 is 4.79 Å². The van der Waals surface area contributed by atoms with Crippen LogP contribution < -0.4 is 5.32 Å². The van der Waals surface area contributed by atoms with Crippen LogP contribution in [0.15, 0.2) is 36.4 Å². The molecule has 2 rings (SSSR count). The number of urea groups is 1. The van der Waals surface area contributed by atoms with E-state index < -0.39 is 0 Å². The number of carbonyl (C=O) groups is 1. The maximum Gasteiger partial charge on any atom is 0.317 e. The van der Waals surface area contributed by atoms with Gasteiger partial charge in [0.15, 0.2) is 0 Å². The number of hydrogen-bond donors (Lipinski definition) is 1. The summed E-state index contributed by atoms with van der Waals surface area (Å²) in [6, 6.07) is 10.6. The highest BCUT2D eigenvalue weighted by Gasteiger charge is 2.19. The monoisotopic (exact) mass is 301 g/mol. The molecule has 0 aliphatic carbocycles. The minimum Gasteiger partial charge on any atom is -0.336 e. The van der Waals surface area contributed by atoms with Gasteiger partial charge in [-0.05, 0) is 32.0 Å². The Labute approximate surface area is 133 Å². The summed E-state index contributed by atoms with van der Waals surface area (Å²) in [5.74, 6) is 0. The third-order valence-electron chi connectivity index (χ3n) is 4.25. The van der Waals surface area contributed by atoms with Gasteiger partial charge in [-0.1, -0.05) is 48.9 Å². The van der Waals surface area contributed by atoms with Gasteiger partial charge in [0.25, 0.3) is 0 Å². The zero-order chi connectivity index (χ0) is 15.8. The van der Waals surface area contributed by atoms with E-state index in [0.717, 1.165) is 18.7 Å². The zero-order valence-corrected chi connectivity index (χ0v) is 13.7. The smallest absolute Gasteiger partial charge is 0.317 e. The van der Waals surface area contributed by atoms with E-state index in [-0.39, 0.29) is 6.03 Å².